The number of rotatable bonds is 7. The highest BCUT2D eigenvalue weighted by Crippen LogP contribution is 2.54. The van der Waals surface area contributed by atoms with Gasteiger partial charge in [0.05, 0.1) is 5.69 Å². The Bertz CT molecular complexity index is 1210. The van der Waals surface area contributed by atoms with E-state index in [1.807, 2.05) is 6.20 Å². The lowest BCUT2D eigenvalue weighted by molar-refractivity contribution is 0.414. The zero-order valence-electron chi connectivity index (χ0n) is 18.7. The van der Waals surface area contributed by atoms with Crippen LogP contribution in [-0.4, -0.2) is 4.98 Å². The summed E-state index contributed by atoms with van der Waals surface area (Å²) >= 11 is 0. The smallest absolute Gasteiger partial charge is 0.0780 e. The van der Waals surface area contributed by atoms with Crippen LogP contribution in [0.1, 0.15) is 63.5 Å². The molecular formula is C30H31N. The molecule has 1 nitrogen and oxygen atoms in total. The summed E-state index contributed by atoms with van der Waals surface area (Å²) in [5.74, 6) is 0. The van der Waals surface area contributed by atoms with Crippen LogP contribution in [0.2, 0.25) is 0 Å². The van der Waals surface area contributed by atoms with E-state index in [9.17, 15) is 0 Å². The Labute approximate surface area is 186 Å². The highest BCUT2D eigenvalue weighted by molar-refractivity contribution is 5.95. The first kappa shape index (κ1) is 20.0. The molecule has 1 heteroatoms. The van der Waals surface area contributed by atoms with Gasteiger partial charge in [-0.05, 0) is 52.6 Å². The van der Waals surface area contributed by atoms with E-state index in [0.29, 0.717) is 0 Å². The molecule has 156 valence electrons. The molecule has 3 aromatic carbocycles. The van der Waals surface area contributed by atoms with Gasteiger partial charge in [0.25, 0.3) is 0 Å². The number of hydrogen-bond acceptors (Lipinski definition) is 1. The Morgan fingerprint density at radius 3 is 2.23 bits per heavy atom. The van der Waals surface area contributed by atoms with Crippen molar-refractivity contribution < 1.29 is 0 Å². The van der Waals surface area contributed by atoms with Crippen LogP contribution in [0.25, 0.3) is 33.2 Å². The molecular weight excluding hydrogens is 374 g/mol. The molecule has 0 fully saturated rings. The maximum Gasteiger partial charge on any atom is 0.0780 e. The van der Waals surface area contributed by atoms with Crippen LogP contribution in [-0.2, 0) is 5.41 Å². The normalized spacial score (nSPS) is 13.9. The third kappa shape index (κ3) is 3.28. The molecule has 0 bridgehead atoms. The maximum atomic E-state index is 4.82. The molecule has 0 saturated heterocycles. The molecule has 0 amide bonds. The fraction of sp³-hybridized carbons (Fsp3) is 0.300. The lowest BCUT2D eigenvalue weighted by Gasteiger charge is -2.33. The first-order valence-corrected chi connectivity index (χ1v) is 11.9. The number of aromatic nitrogens is 1. The minimum absolute atomic E-state index is 0.124. The minimum Gasteiger partial charge on any atom is -0.256 e. The summed E-state index contributed by atoms with van der Waals surface area (Å²) in [5, 5.41) is 2.48. The second kappa shape index (κ2) is 8.30. The van der Waals surface area contributed by atoms with Gasteiger partial charge in [0, 0.05) is 22.6 Å². The van der Waals surface area contributed by atoms with Crippen molar-refractivity contribution in [2.75, 3.05) is 0 Å². The van der Waals surface area contributed by atoms with Crippen LogP contribution in [0.15, 0.2) is 79.0 Å². The molecule has 0 saturated carbocycles. The van der Waals surface area contributed by atoms with Crippen molar-refractivity contribution in [1.29, 1.82) is 0 Å². The Hall–Kier alpha value is -2.93. The van der Waals surface area contributed by atoms with Crippen LogP contribution in [0.4, 0.5) is 0 Å². The Balaban J connectivity index is 1.73. The quantitative estimate of drug-likeness (QED) is 0.300. The van der Waals surface area contributed by atoms with Gasteiger partial charge >= 0.3 is 0 Å². The lowest BCUT2D eigenvalue weighted by Crippen LogP contribution is -2.25. The summed E-state index contributed by atoms with van der Waals surface area (Å²) in [6, 6.07) is 26.9. The van der Waals surface area contributed by atoms with Gasteiger partial charge in [-0.15, -0.1) is 0 Å². The summed E-state index contributed by atoms with van der Waals surface area (Å²) in [4.78, 5) is 4.82. The van der Waals surface area contributed by atoms with E-state index in [1.54, 1.807) is 0 Å². The van der Waals surface area contributed by atoms with E-state index in [-0.39, 0.29) is 5.41 Å². The number of pyridine rings is 1. The van der Waals surface area contributed by atoms with E-state index < -0.39 is 0 Å². The highest BCUT2D eigenvalue weighted by atomic mass is 14.7. The van der Waals surface area contributed by atoms with Crippen molar-refractivity contribution in [3.63, 3.8) is 0 Å². The Morgan fingerprint density at radius 2 is 1.42 bits per heavy atom. The van der Waals surface area contributed by atoms with Gasteiger partial charge in [0.15, 0.2) is 0 Å². The van der Waals surface area contributed by atoms with Crippen LogP contribution in [0, 0.1) is 0 Å². The molecule has 1 aliphatic carbocycles. The monoisotopic (exact) mass is 405 g/mol. The third-order valence-corrected chi connectivity index (χ3v) is 7.13. The molecule has 31 heavy (non-hydrogen) atoms. The largest absolute Gasteiger partial charge is 0.256 e. The molecule has 0 atom stereocenters. The van der Waals surface area contributed by atoms with Gasteiger partial charge in [-0.3, -0.25) is 4.98 Å². The topological polar surface area (TPSA) is 12.9 Å². The molecule has 1 heterocycles. The average Bonchev–Trinajstić information content (AvgIpc) is 3.10. The van der Waals surface area contributed by atoms with E-state index in [1.165, 1.54) is 77.1 Å². The standard InChI is InChI=1S/C30H31N/c1-3-5-18-30(19-6-4-2)27-14-10-9-13-25(27)26-16-15-23(21-28(26)30)29-24-12-8-7-11-22(24)17-20-31-29/h7-17,20-21H,3-6,18-19H2,1-2H3. The number of fused-ring (bicyclic) bond motifs is 4. The Morgan fingerprint density at radius 1 is 0.710 bits per heavy atom. The molecule has 5 rings (SSSR count). The second-order valence-corrected chi connectivity index (χ2v) is 8.98. The van der Waals surface area contributed by atoms with E-state index >= 15 is 0 Å². The summed E-state index contributed by atoms with van der Waals surface area (Å²) < 4.78 is 0. The van der Waals surface area contributed by atoms with Gasteiger partial charge in [-0.2, -0.15) is 0 Å². The zero-order chi connectivity index (χ0) is 21.3. The number of benzene rings is 3. The van der Waals surface area contributed by atoms with E-state index in [0.717, 1.165) is 5.69 Å². The predicted molar refractivity (Wildman–Crippen MR) is 132 cm³/mol. The maximum absolute atomic E-state index is 4.82. The highest BCUT2D eigenvalue weighted by Gasteiger charge is 2.42. The van der Waals surface area contributed by atoms with Crippen molar-refractivity contribution >= 4 is 10.8 Å². The van der Waals surface area contributed by atoms with E-state index in [4.69, 9.17) is 4.98 Å². The third-order valence-electron chi connectivity index (χ3n) is 7.13. The molecule has 1 aliphatic rings. The molecule has 0 spiro atoms. The van der Waals surface area contributed by atoms with Crippen LogP contribution in [0.3, 0.4) is 0 Å². The van der Waals surface area contributed by atoms with Crippen molar-refractivity contribution in [3.05, 3.63) is 90.1 Å². The van der Waals surface area contributed by atoms with E-state index in [2.05, 4.69) is 86.6 Å². The molecule has 1 aromatic heterocycles. The van der Waals surface area contributed by atoms with Gasteiger partial charge in [-0.25, -0.2) is 0 Å². The number of hydrogen-bond donors (Lipinski definition) is 0. The number of nitrogens with zero attached hydrogens (tertiary/aromatic N) is 1. The fourth-order valence-corrected chi connectivity index (χ4v) is 5.57. The predicted octanol–water partition coefficient (Wildman–Crippen LogP) is 8.55. The average molecular weight is 406 g/mol. The molecule has 0 N–H and O–H groups in total. The SMILES string of the molecule is CCCCC1(CCCC)c2ccccc2-c2ccc(-c3nccc4ccccc34)cc21. The number of unbranched alkanes of at least 4 members (excludes halogenated alkanes) is 2. The van der Waals surface area contributed by atoms with Crippen molar-refractivity contribution in [3.8, 4) is 22.4 Å². The van der Waals surface area contributed by atoms with Crippen molar-refractivity contribution in [2.24, 2.45) is 0 Å². The van der Waals surface area contributed by atoms with Crippen LogP contribution >= 0.6 is 0 Å². The van der Waals surface area contributed by atoms with Crippen LogP contribution < -0.4 is 0 Å². The summed E-state index contributed by atoms with van der Waals surface area (Å²) in [7, 11) is 0. The van der Waals surface area contributed by atoms with Gasteiger partial charge in [0.2, 0.25) is 0 Å². The first-order chi connectivity index (χ1) is 15.3. The molecule has 0 unspecified atom stereocenters. The summed E-state index contributed by atoms with van der Waals surface area (Å²) in [5.41, 5.74) is 8.36. The second-order valence-electron chi connectivity index (χ2n) is 8.98. The minimum atomic E-state index is 0.124. The molecule has 0 aliphatic heterocycles. The summed E-state index contributed by atoms with van der Waals surface area (Å²) in [6.45, 7) is 4.62. The zero-order valence-corrected chi connectivity index (χ0v) is 18.7. The lowest BCUT2D eigenvalue weighted by atomic mass is 9.70. The summed E-state index contributed by atoms with van der Waals surface area (Å²) in [6.07, 6.45) is 9.37. The Kier molecular flexibility index (Phi) is 5.36. The van der Waals surface area contributed by atoms with Crippen LogP contribution in [0.5, 0.6) is 0 Å². The molecule has 0 radical (unpaired) electrons. The van der Waals surface area contributed by atoms with Gasteiger partial charge in [0.1, 0.15) is 0 Å². The van der Waals surface area contributed by atoms with Gasteiger partial charge < -0.3 is 0 Å². The van der Waals surface area contributed by atoms with Crippen molar-refractivity contribution in [1.82, 2.24) is 4.98 Å². The van der Waals surface area contributed by atoms with Crippen molar-refractivity contribution in [2.45, 2.75) is 57.8 Å². The molecule has 4 aromatic rings. The van der Waals surface area contributed by atoms with Gasteiger partial charge in [-0.1, -0.05) is 100 Å². The first-order valence-electron chi connectivity index (χ1n) is 11.9. The fourth-order valence-electron chi connectivity index (χ4n) is 5.57.